The molecule has 0 N–H and O–H groups in total. The van der Waals surface area contributed by atoms with Crippen molar-refractivity contribution in [3.05, 3.63) is 273 Å². The van der Waals surface area contributed by atoms with Crippen molar-refractivity contribution in [1.82, 2.24) is 0 Å². The topological polar surface area (TPSA) is 0 Å². The van der Waals surface area contributed by atoms with Crippen LogP contribution >= 0.6 is 23.8 Å². The van der Waals surface area contributed by atoms with Gasteiger partial charge in [-0.1, -0.05) is 164 Å². The molecule has 4 heteroatoms. The second kappa shape index (κ2) is 23.4. The molecule has 0 saturated carbocycles. The Balaban J connectivity index is 0.000000145. The van der Waals surface area contributed by atoms with Crippen LogP contribution in [-0.2, 0) is 21.1 Å². The first kappa shape index (κ1) is 42.6. The second-order valence-electron chi connectivity index (χ2n) is 13.4. The van der Waals surface area contributed by atoms with Crippen molar-refractivity contribution in [1.29, 1.82) is 0 Å². The van der Waals surface area contributed by atoms with E-state index in [1.165, 1.54) is 47.7 Å². The maximum Gasteiger partial charge on any atom is 0.102 e. The normalized spacial score (nSPS) is 10.4. The Hall–Kier alpha value is -5.04. The van der Waals surface area contributed by atoms with E-state index < -0.39 is 23.8 Å². The van der Waals surface area contributed by atoms with Crippen LogP contribution < -0.4 is 47.7 Å². The van der Waals surface area contributed by atoms with Crippen LogP contribution in [0.1, 0.15) is 0 Å². The van der Waals surface area contributed by atoms with Crippen molar-refractivity contribution in [3.8, 4) is 0 Å². The molecule has 0 aliphatic rings. The molecule has 0 aliphatic heterocycles. The molecule has 58 heavy (non-hydrogen) atoms. The fourth-order valence-corrected chi connectivity index (χ4v) is 14.7. The predicted molar refractivity (Wildman–Crippen MR) is 260 cm³/mol. The molecule has 0 aliphatic carbocycles. The van der Waals surface area contributed by atoms with Crippen molar-refractivity contribution < 1.29 is 21.1 Å². The molecule has 9 aromatic rings. The third-order valence-corrected chi connectivity index (χ3v) is 17.8. The monoisotopic (exact) mass is 984 g/mol. The largest absolute Gasteiger partial charge is 0.102 e. The van der Waals surface area contributed by atoms with Gasteiger partial charge in [-0.15, -0.1) is 0 Å². The molecule has 0 bridgehead atoms. The molecule has 0 amide bonds. The number of hydrogen-bond donors (Lipinski definition) is 0. The molecule has 0 spiro atoms. The van der Waals surface area contributed by atoms with Crippen molar-refractivity contribution >= 4 is 71.5 Å². The van der Waals surface area contributed by atoms with Crippen LogP contribution in [-0.4, -0.2) is 0 Å². The summed E-state index contributed by atoms with van der Waals surface area (Å²) in [4.78, 5) is 0. The van der Waals surface area contributed by atoms with Crippen molar-refractivity contribution in [2.45, 2.75) is 0 Å². The van der Waals surface area contributed by atoms with E-state index in [0.717, 1.165) is 0 Å². The van der Waals surface area contributed by atoms with Crippen LogP contribution in [0.2, 0.25) is 0 Å². The van der Waals surface area contributed by atoms with Crippen LogP contribution in [0.25, 0.3) is 0 Å². The molecule has 0 nitrogen and oxygen atoms in total. The summed E-state index contributed by atoms with van der Waals surface area (Å²) in [6.45, 7) is 0. The second-order valence-corrected chi connectivity index (χ2v) is 20.9. The zero-order valence-electron chi connectivity index (χ0n) is 32.3. The average Bonchev–Trinajstić information content (AvgIpc) is 3.30. The summed E-state index contributed by atoms with van der Waals surface area (Å²) < 4.78 is 0. The first-order valence-corrected chi connectivity index (χ1v) is 23.9. The summed E-state index contributed by atoms with van der Waals surface area (Å²) >= 11 is 0. The van der Waals surface area contributed by atoms with Gasteiger partial charge >= 0.3 is 0 Å². The van der Waals surface area contributed by atoms with Crippen LogP contribution in [0, 0.1) is 0 Å². The van der Waals surface area contributed by atoms with Crippen LogP contribution in [0.15, 0.2) is 273 Å². The van der Waals surface area contributed by atoms with Gasteiger partial charge < -0.3 is 0 Å². The quantitative estimate of drug-likeness (QED) is 0.127. The van der Waals surface area contributed by atoms with E-state index in [0.29, 0.717) is 0 Å². The molecule has 286 valence electrons. The molecular weight excluding hydrogens is 937 g/mol. The number of rotatable bonds is 9. The summed E-state index contributed by atoms with van der Waals surface area (Å²) in [6.07, 6.45) is 0. The third-order valence-electron chi connectivity index (χ3n) is 9.56. The SMILES string of the molecule is [Pt].c1ccc([PH+](c2ccccc2)c2ccccc2)cc1.c1ccc([PH+](c2ccccc2)c2ccccc2)cc1.c1ccc([PH+](c2ccccc2)c2ccccc2)cc1. The van der Waals surface area contributed by atoms with E-state index >= 15 is 0 Å². The molecule has 0 radical (unpaired) electrons. The van der Waals surface area contributed by atoms with Gasteiger partial charge in [0.2, 0.25) is 0 Å². The van der Waals surface area contributed by atoms with E-state index in [4.69, 9.17) is 0 Å². The maximum absolute atomic E-state index is 2.24. The van der Waals surface area contributed by atoms with Gasteiger partial charge in [0, 0.05) is 21.1 Å². The van der Waals surface area contributed by atoms with Crippen molar-refractivity contribution in [2.24, 2.45) is 0 Å². The number of hydrogen-bond acceptors (Lipinski definition) is 0. The Kier molecular flexibility index (Phi) is 17.2. The molecule has 0 heterocycles. The summed E-state index contributed by atoms with van der Waals surface area (Å²) in [5, 5.41) is 12.9. The Bertz CT molecular complexity index is 1860. The van der Waals surface area contributed by atoms with Crippen LogP contribution in [0.4, 0.5) is 0 Å². The summed E-state index contributed by atoms with van der Waals surface area (Å²) in [6, 6.07) is 97.5. The molecule has 9 rings (SSSR count). The molecule has 0 saturated heterocycles. The minimum Gasteiger partial charge on any atom is -0.0620 e. The Labute approximate surface area is 363 Å². The zero-order chi connectivity index (χ0) is 38.7. The molecule has 9 aromatic carbocycles. The van der Waals surface area contributed by atoms with Gasteiger partial charge in [0.25, 0.3) is 0 Å². The van der Waals surface area contributed by atoms with Crippen LogP contribution in [0.3, 0.4) is 0 Å². The van der Waals surface area contributed by atoms with Gasteiger partial charge in [0.05, 0.1) is 23.8 Å². The van der Waals surface area contributed by atoms with Gasteiger partial charge in [0.1, 0.15) is 47.7 Å². The third kappa shape index (κ3) is 12.0. The number of benzene rings is 9. The van der Waals surface area contributed by atoms with Gasteiger partial charge in [0.15, 0.2) is 0 Å². The molecule has 0 aromatic heterocycles. The Morgan fingerprint density at radius 2 is 0.224 bits per heavy atom. The van der Waals surface area contributed by atoms with E-state index in [-0.39, 0.29) is 21.1 Å². The first-order valence-electron chi connectivity index (χ1n) is 19.4. The minimum absolute atomic E-state index is 0. The summed E-state index contributed by atoms with van der Waals surface area (Å²) in [5.74, 6) is 0. The minimum atomic E-state index is -0.877. The predicted octanol–water partition coefficient (Wildman–Crippen LogP) is 9.53. The molecule has 0 fully saturated rings. The molecule has 0 unspecified atom stereocenters. The van der Waals surface area contributed by atoms with E-state index in [1.807, 2.05) is 0 Å². The summed E-state index contributed by atoms with van der Waals surface area (Å²) in [7, 11) is -2.63. The molecular formula is C54H48P3Pt+3. The van der Waals surface area contributed by atoms with Gasteiger partial charge in [-0.25, -0.2) is 0 Å². The molecule has 0 atom stereocenters. The Morgan fingerprint density at radius 3 is 0.310 bits per heavy atom. The van der Waals surface area contributed by atoms with Gasteiger partial charge in [-0.05, 0) is 109 Å². The van der Waals surface area contributed by atoms with E-state index in [9.17, 15) is 0 Å². The zero-order valence-corrected chi connectivity index (χ0v) is 37.6. The summed E-state index contributed by atoms with van der Waals surface area (Å²) in [5.41, 5.74) is 0. The van der Waals surface area contributed by atoms with E-state index in [1.54, 1.807) is 0 Å². The smallest absolute Gasteiger partial charge is 0.0620 e. The van der Waals surface area contributed by atoms with Crippen LogP contribution in [0.5, 0.6) is 0 Å². The van der Waals surface area contributed by atoms with Crippen molar-refractivity contribution in [2.75, 3.05) is 0 Å². The first-order chi connectivity index (χ1) is 28.3. The Morgan fingerprint density at radius 1 is 0.138 bits per heavy atom. The fourth-order valence-electron chi connectivity index (χ4n) is 6.94. The van der Waals surface area contributed by atoms with E-state index in [2.05, 4.69) is 273 Å². The van der Waals surface area contributed by atoms with Gasteiger partial charge in [-0.3, -0.25) is 0 Å². The maximum atomic E-state index is 2.24. The average molecular weight is 985 g/mol. The standard InChI is InChI=1S/3C18H15P.Pt/c3*1-4-10-16(11-5-1)19(17-12-6-2-7-13-17)18-14-8-3-9-15-18;/h3*1-15H;/p+3. The fraction of sp³-hybridized carbons (Fsp3) is 0. The van der Waals surface area contributed by atoms with Crippen molar-refractivity contribution in [3.63, 3.8) is 0 Å². The van der Waals surface area contributed by atoms with Gasteiger partial charge in [-0.2, -0.15) is 0 Å².